The molecule has 0 aromatic rings. The van der Waals surface area contributed by atoms with Crippen LogP contribution in [0.15, 0.2) is 11.5 Å². The number of hydrogen-bond acceptors (Lipinski definition) is 3. The minimum atomic E-state index is -1.79. The number of hydrogen-bond donors (Lipinski definition) is 0. The highest BCUT2D eigenvalue weighted by Crippen LogP contribution is 2.43. The lowest BCUT2D eigenvalue weighted by atomic mass is 9.76. The van der Waals surface area contributed by atoms with E-state index < -0.39 is 8.32 Å². The van der Waals surface area contributed by atoms with E-state index in [1.807, 2.05) is 0 Å². The van der Waals surface area contributed by atoms with Crippen LogP contribution >= 0.6 is 0 Å². The van der Waals surface area contributed by atoms with E-state index in [0.29, 0.717) is 0 Å². The lowest BCUT2D eigenvalue weighted by Gasteiger charge is -2.39. The van der Waals surface area contributed by atoms with Gasteiger partial charge in [0.25, 0.3) is 0 Å². The molecule has 2 rings (SSSR count). The van der Waals surface area contributed by atoms with Crippen molar-refractivity contribution in [2.45, 2.75) is 96.7 Å². The van der Waals surface area contributed by atoms with Crippen molar-refractivity contribution in [3.8, 4) is 0 Å². The Bertz CT molecular complexity index is 447. The van der Waals surface area contributed by atoms with Crippen LogP contribution in [0.1, 0.15) is 61.3 Å². The van der Waals surface area contributed by atoms with Gasteiger partial charge in [-0.05, 0) is 64.1 Å². The zero-order chi connectivity index (χ0) is 17.0. The van der Waals surface area contributed by atoms with Gasteiger partial charge >= 0.3 is 7.12 Å². The minimum Gasteiger partial charge on any atom is -0.411 e. The van der Waals surface area contributed by atoms with Crippen molar-refractivity contribution in [2.75, 3.05) is 0 Å². The van der Waals surface area contributed by atoms with E-state index in [-0.39, 0.29) is 29.5 Å². The van der Waals surface area contributed by atoms with Crippen LogP contribution < -0.4 is 0 Å². The third-order valence-corrected chi connectivity index (χ3v) is 10.4. The maximum absolute atomic E-state index is 6.64. The Hall–Kier alpha value is -0.0982. The lowest BCUT2D eigenvalue weighted by molar-refractivity contribution is 0.00578. The van der Waals surface area contributed by atoms with Crippen LogP contribution in [-0.2, 0) is 13.7 Å². The Morgan fingerprint density at radius 2 is 1.64 bits per heavy atom. The zero-order valence-corrected chi connectivity index (χ0v) is 16.9. The van der Waals surface area contributed by atoms with E-state index in [1.165, 1.54) is 5.47 Å². The molecule has 0 radical (unpaired) electrons. The molecule has 0 spiro atoms. The summed E-state index contributed by atoms with van der Waals surface area (Å²) in [6.45, 7) is 19.9. The van der Waals surface area contributed by atoms with Crippen molar-refractivity contribution in [3.05, 3.63) is 11.5 Å². The predicted molar refractivity (Wildman–Crippen MR) is 95.5 cm³/mol. The Morgan fingerprint density at radius 1 is 1.14 bits per heavy atom. The Balaban J connectivity index is 2.13. The van der Waals surface area contributed by atoms with Gasteiger partial charge in [0.05, 0.1) is 17.3 Å². The van der Waals surface area contributed by atoms with Crippen LogP contribution in [-0.4, -0.2) is 32.7 Å². The van der Waals surface area contributed by atoms with E-state index in [0.717, 1.165) is 12.8 Å². The fourth-order valence-corrected chi connectivity index (χ4v) is 3.90. The molecule has 0 aromatic heterocycles. The molecular weight excluding hydrogens is 291 g/mol. The van der Waals surface area contributed by atoms with E-state index in [2.05, 4.69) is 67.6 Å². The van der Waals surface area contributed by atoms with Gasteiger partial charge in [-0.15, -0.1) is 0 Å². The van der Waals surface area contributed by atoms with Gasteiger partial charge < -0.3 is 13.7 Å². The summed E-state index contributed by atoms with van der Waals surface area (Å²) in [6, 6.07) is 0. The first-order valence-electron chi connectivity index (χ1n) is 8.50. The van der Waals surface area contributed by atoms with Crippen LogP contribution in [0.5, 0.6) is 0 Å². The largest absolute Gasteiger partial charge is 0.492 e. The van der Waals surface area contributed by atoms with Gasteiger partial charge in [-0.3, -0.25) is 0 Å². The van der Waals surface area contributed by atoms with Crippen molar-refractivity contribution >= 4 is 15.4 Å². The molecule has 1 fully saturated rings. The fraction of sp³-hybridized carbons (Fsp3) is 0.882. The van der Waals surface area contributed by atoms with E-state index >= 15 is 0 Å². The fourth-order valence-electron chi connectivity index (χ4n) is 2.59. The quantitative estimate of drug-likeness (QED) is 0.703. The molecule has 1 aliphatic carbocycles. The molecule has 0 saturated carbocycles. The molecule has 2 aliphatic rings. The van der Waals surface area contributed by atoms with E-state index in [1.54, 1.807) is 0 Å². The first-order chi connectivity index (χ1) is 9.77. The Kier molecular flexibility index (Phi) is 4.54. The summed E-state index contributed by atoms with van der Waals surface area (Å²) in [5.74, 6) is 0. The molecule has 0 aromatic carbocycles. The molecule has 1 saturated heterocycles. The molecule has 5 heteroatoms. The van der Waals surface area contributed by atoms with Gasteiger partial charge in [0.15, 0.2) is 8.32 Å². The lowest BCUT2D eigenvalue weighted by Crippen LogP contribution is -2.45. The van der Waals surface area contributed by atoms with Crippen LogP contribution in [0.3, 0.4) is 0 Å². The summed E-state index contributed by atoms with van der Waals surface area (Å²) >= 11 is 0. The third kappa shape index (κ3) is 3.23. The van der Waals surface area contributed by atoms with Crippen molar-refractivity contribution in [2.24, 2.45) is 0 Å². The van der Waals surface area contributed by atoms with Gasteiger partial charge in [0.2, 0.25) is 0 Å². The average Bonchev–Trinajstić information content (AvgIpc) is 2.80. The van der Waals surface area contributed by atoms with Gasteiger partial charge in [0.1, 0.15) is 0 Å². The summed E-state index contributed by atoms with van der Waals surface area (Å²) in [7, 11) is -2.05. The zero-order valence-electron chi connectivity index (χ0n) is 15.9. The smallest absolute Gasteiger partial charge is 0.411 e. The third-order valence-electron chi connectivity index (χ3n) is 5.95. The predicted octanol–water partition coefficient (Wildman–Crippen LogP) is 4.73. The summed E-state index contributed by atoms with van der Waals surface area (Å²) in [5.41, 5.74) is 0.620. The first-order valence-corrected chi connectivity index (χ1v) is 11.4. The van der Waals surface area contributed by atoms with Crippen molar-refractivity contribution in [3.63, 3.8) is 0 Å². The highest BCUT2D eigenvalue weighted by Gasteiger charge is 2.54. The molecule has 0 N–H and O–H groups in total. The topological polar surface area (TPSA) is 27.7 Å². The van der Waals surface area contributed by atoms with E-state index in [4.69, 9.17) is 13.7 Å². The first kappa shape index (κ1) is 18.2. The van der Waals surface area contributed by atoms with Crippen molar-refractivity contribution < 1.29 is 13.7 Å². The summed E-state index contributed by atoms with van der Waals surface area (Å²) in [6.07, 6.45) is 4.51. The molecule has 1 atom stereocenters. The second kappa shape index (κ2) is 5.47. The highest BCUT2D eigenvalue weighted by atomic mass is 28.4. The molecule has 0 bridgehead atoms. The molecular formula is C17H33BO3Si. The van der Waals surface area contributed by atoms with Crippen LogP contribution in [0.2, 0.25) is 18.1 Å². The summed E-state index contributed by atoms with van der Waals surface area (Å²) < 4.78 is 19.1. The van der Waals surface area contributed by atoms with Gasteiger partial charge in [-0.1, -0.05) is 26.8 Å². The number of allylic oxidation sites excluding steroid dienone is 1. The van der Waals surface area contributed by atoms with Crippen molar-refractivity contribution in [1.29, 1.82) is 0 Å². The molecule has 1 unspecified atom stereocenters. The summed E-state index contributed by atoms with van der Waals surface area (Å²) in [5, 5.41) is 0.219. The molecule has 126 valence electrons. The van der Waals surface area contributed by atoms with Gasteiger partial charge in [-0.25, -0.2) is 0 Å². The Labute approximate surface area is 138 Å². The highest BCUT2D eigenvalue weighted by molar-refractivity contribution is 6.74. The van der Waals surface area contributed by atoms with Crippen LogP contribution in [0.25, 0.3) is 0 Å². The van der Waals surface area contributed by atoms with Gasteiger partial charge in [0, 0.05) is 0 Å². The maximum Gasteiger partial charge on any atom is 0.492 e. The molecule has 3 nitrogen and oxygen atoms in total. The SMILES string of the molecule is CC1(C)OB(C2=CCCC2O[Si](C)(C)C(C)(C)C)OC1(C)C. The molecule has 1 heterocycles. The molecule has 1 aliphatic heterocycles. The normalized spacial score (nSPS) is 28.1. The molecule has 22 heavy (non-hydrogen) atoms. The standard InChI is InChI=1S/C17H33BO3Si/c1-15(2,3)22(8,9)19-14-12-10-11-13(14)18-20-16(4,5)17(6,7)21-18/h11,14H,10,12H2,1-9H3. The second-order valence-electron chi connectivity index (χ2n) is 9.24. The van der Waals surface area contributed by atoms with E-state index in [9.17, 15) is 0 Å². The molecule has 0 amide bonds. The second-order valence-corrected chi connectivity index (χ2v) is 14.0. The average molecular weight is 324 g/mol. The number of rotatable bonds is 3. The minimum absolute atomic E-state index is 0.149. The summed E-state index contributed by atoms with van der Waals surface area (Å²) in [4.78, 5) is 0. The van der Waals surface area contributed by atoms with Crippen LogP contribution in [0, 0.1) is 0 Å². The monoisotopic (exact) mass is 324 g/mol. The van der Waals surface area contributed by atoms with Gasteiger partial charge in [-0.2, -0.15) is 0 Å². The Morgan fingerprint density at radius 3 is 2.09 bits per heavy atom. The van der Waals surface area contributed by atoms with Crippen molar-refractivity contribution in [1.82, 2.24) is 0 Å². The van der Waals surface area contributed by atoms with Crippen LogP contribution in [0.4, 0.5) is 0 Å². The maximum atomic E-state index is 6.64.